The van der Waals surface area contributed by atoms with Crippen molar-refractivity contribution in [2.24, 2.45) is 0 Å². The molecule has 1 aliphatic heterocycles. The zero-order valence-electron chi connectivity index (χ0n) is 13.0. The quantitative estimate of drug-likeness (QED) is 0.895. The highest BCUT2D eigenvalue weighted by Gasteiger charge is 2.35. The third kappa shape index (κ3) is 3.65. The molecule has 0 radical (unpaired) electrons. The molecule has 0 saturated carbocycles. The molecule has 1 fully saturated rings. The summed E-state index contributed by atoms with van der Waals surface area (Å²) < 4.78 is 33.2. The molecule has 7 heteroatoms. The Morgan fingerprint density at radius 2 is 2.19 bits per heavy atom. The van der Waals surface area contributed by atoms with Gasteiger partial charge in [0.1, 0.15) is 4.21 Å². The molecule has 0 aliphatic carbocycles. The predicted octanol–water partition coefficient (Wildman–Crippen LogP) is 1.96. The number of nitrogens with zero attached hydrogens (tertiary/aromatic N) is 1. The number of rotatable bonds is 5. The van der Waals surface area contributed by atoms with E-state index in [0.717, 1.165) is 23.5 Å². The van der Waals surface area contributed by atoms with Gasteiger partial charge in [0.15, 0.2) is 0 Å². The summed E-state index contributed by atoms with van der Waals surface area (Å²) in [5, 5.41) is 3.25. The van der Waals surface area contributed by atoms with Crippen LogP contribution in [0.2, 0.25) is 0 Å². The Morgan fingerprint density at radius 3 is 2.86 bits per heavy atom. The molecule has 21 heavy (non-hydrogen) atoms. The third-order valence-corrected chi connectivity index (χ3v) is 7.31. The molecule has 2 rings (SSSR count). The minimum Gasteiger partial charge on any atom is -0.375 e. The van der Waals surface area contributed by atoms with Crippen molar-refractivity contribution in [2.75, 3.05) is 19.7 Å². The van der Waals surface area contributed by atoms with Crippen LogP contribution in [0.3, 0.4) is 0 Å². The molecule has 1 aromatic heterocycles. The average Bonchev–Trinajstić information content (AvgIpc) is 2.81. The second kappa shape index (κ2) is 6.75. The van der Waals surface area contributed by atoms with Gasteiger partial charge in [0.05, 0.1) is 12.7 Å². The SMILES string of the molecule is CCNCc1sc(S(=O)(=O)N2CC(C)OCC2C)cc1C. The van der Waals surface area contributed by atoms with E-state index in [9.17, 15) is 8.42 Å². The maximum Gasteiger partial charge on any atom is 0.252 e. The molecular formula is C14H24N2O3S2. The summed E-state index contributed by atoms with van der Waals surface area (Å²) in [6.45, 7) is 10.3. The van der Waals surface area contributed by atoms with Gasteiger partial charge >= 0.3 is 0 Å². The topological polar surface area (TPSA) is 58.6 Å². The standard InChI is InChI=1S/C14H24N2O3S2/c1-5-15-7-13-10(2)6-14(20-13)21(17,18)16-8-12(4)19-9-11(16)3/h6,11-12,15H,5,7-9H2,1-4H3. The van der Waals surface area contributed by atoms with Crippen molar-refractivity contribution < 1.29 is 13.2 Å². The van der Waals surface area contributed by atoms with Crippen LogP contribution < -0.4 is 5.32 Å². The minimum atomic E-state index is -3.43. The zero-order chi connectivity index (χ0) is 15.6. The van der Waals surface area contributed by atoms with E-state index >= 15 is 0 Å². The Hall–Kier alpha value is -0.470. The van der Waals surface area contributed by atoms with Gasteiger partial charge in [0.25, 0.3) is 10.0 Å². The van der Waals surface area contributed by atoms with Crippen molar-refractivity contribution in [1.82, 2.24) is 9.62 Å². The highest BCUT2D eigenvalue weighted by molar-refractivity contribution is 7.91. The van der Waals surface area contributed by atoms with E-state index in [0.29, 0.717) is 17.4 Å². The molecule has 1 aromatic rings. The number of thiophene rings is 1. The van der Waals surface area contributed by atoms with Crippen molar-refractivity contribution >= 4 is 21.4 Å². The maximum absolute atomic E-state index is 12.8. The first-order valence-corrected chi connectivity index (χ1v) is 9.55. The van der Waals surface area contributed by atoms with E-state index in [2.05, 4.69) is 5.32 Å². The van der Waals surface area contributed by atoms with Gasteiger partial charge in [-0.25, -0.2) is 8.42 Å². The van der Waals surface area contributed by atoms with Crippen LogP contribution >= 0.6 is 11.3 Å². The lowest BCUT2D eigenvalue weighted by molar-refractivity contribution is -0.0170. The molecule has 2 atom stereocenters. The van der Waals surface area contributed by atoms with E-state index in [1.165, 1.54) is 11.3 Å². The molecule has 1 N–H and O–H groups in total. The van der Waals surface area contributed by atoms with E-state index in [1.807, 2.05) is 27.7 Å². The van der Waals surface area contributed by atoms with E-state index in [-0.39, 0.29) is 12.1 Å². The van der Waals surface area contributed by atoms with Crippen LogP contribution in [-0.4, -0.2) is 44.6 Å². The van der Waals surface area contributed by atoms with Crippen LogP contribution in [0.4, 0.5) is 0 Å². The zero-order valence-corrected chi connectivity index (χ0v) is 14.7. The Balaban J connectivity index is 2.26. The smallest absolute Gasteiger partial charge is 0.252 e. The first-order valence-electron chi connectivity index (χ1n) is 7.29. The lowest BCUT2D eigenvalue weighted by Gasteiger charge is -2.35. The highest BCUT2D eigenvalue weighted by Crippen LogP contribution is 2.30. The first-order chi connectivity index (χ1) is 9.86. The van der Waals surface area contributed by atoms with Crippen molar-refractivity contribution in [3.63, 3.8) is 0 Å². The largest absolute Gasteiger partial charge is 0.375 e. The summed E-state index contributed by atoms with van der Waals surface area (Å²) in [7, 11) is -3.43. The number of aryl methyl sites for hydroxylation is 1. The van der Waals surface area contributed by atoms with Crippen LogP contribution in [0.15, 0.2) is 10.3 Å². The molecule has 5 nitrogen and oxygen atoms in total. The van der Waals surface area contributed by atoms with Crippen molar-refractivity contribution in [3.8, 4) is 0 Å². The second-order valence-corrected chi connectivity index (χ2v) is 8.77. The number of sulfonamides is 1. The van der Waals surface area contributed by atoms with Gasteiger partial charge in [-0.1, -0.05) is 6.92 Å². The van der Waals surface area contributed by atoms with Gasteiger partial charge in [-0.2, -0.15) is 4.31 Å². The Morgan fingerprint density at radius 1 is 1.48 bits per heavy atom. The first kappa shape index (κ1) is 16.9. The van der Waals surface area contributed by atoms with Crippen LogP contribution in [0, 0.1) is 6.92 Å². The Bertz CT molecular complexity index is 583. The monoisotopic (exact) mass is 332 g/mol. The summed E-state index contributed by atoms with van der Waals surface area (Å²) in [5.41, 5.74) is 1.04. The summed E-state index contributed by atoms with van der Waals surface area (Å²) in [6, 6.07) is 1.67. The molecular weight excluding hydrogens is 308 g/mol. The second-order valence-electron chi connectivity index (χ2n) is 5.52. The normalized spacial score (nSPS) is 24.4. The molecule has 2 heterocycles. The summed E-state index contributed by atoms with van der Waals surface area (Å²) in [4.78, 5) is 1.09. The molecule has 2 unspecified atom stereocenters. The minimum absolute atomic E-state index is 0.0572. The molecule has 0 bridgehead atoms. The van der Waals surface area contributed by atoms with Crippen LogP contribution in [0.1, 0.15) is 31.2 Å². The Kier molecular flexibility index (Phi) is 5.43. The molecule has 1 aliphatic rings. The number of hydrogen-bond acceptors (Lipinski definition) is 5. The van der Waals surface area contributed by atoms with Crippen molar-refractivity contribution in [3.05, 3.63) is 16.5 Å². The van der Waals surface area contributed by atoms with Gasteiger partial charge in [0, 0.05) is 24.0 Å². The van der Waals surface area contributed by atoms with Crippen LogP contribution in [-0.2, 0) is 21.3 Å². The van der Waals surface area contributed by atoms with E-state index in [4.69, 9.17) is 4.74 Å². The van der Waals surface area contributed by atoms with Gasteiger partial charge in [-0.05, 0) is 38.9 Å². The van der Waals surface area contributed by atoms with E-state index < -0.39 is 10.0 Å². The highest BCUT2D eigenvalue weighted by atomic mass is 32.2. The third-order valence-electron chi connectivity index (χ3n) is 3.65. The van der Waals surface area contributed by atoms with Crippen molar-refractivity contribution in [2.45, 2.75) is 50.6 Å². The van der Waals surface area contributed by atoms with Gasteiger partial charge in [-0.15, -0.1) is 11.3 Å². The van der Waals surface area contributed by atoms with Gasteiger partial charge in [-0.3, -0.25) is 0 Å². The molecule has 120 valence electrons. The summed E-state index contributed by atoms with van der Waals surface area (Å²) in [6.07, 6.45) is -0.0572. The molecule has 0 spiro atoms. The Labute approximate surface area is 131 Å². The molecule has 0 aromatic carbocycles. The fraction of sp³-hybridized carbons (Fsp3) is 0.714. The number of morpholine rings is 1. The number of ether oxygens (including phenoxy) is 1. The summed E-state index contributed by atoms with van der Waals surface area (Å²) >= 11 is 1.37. The number of hydrogen-bond donors (Lipinski definition) is 1. The van der Waals surface area contributed by atoms with Gasteiger partial charge < -0.3 is 10.1 Å². The maximum atomic E-state index is 12.8. The van der Waals surface area contributed by atoms with Crippen LogP contribution in [0.5, 0.6) is 0 Å². The van der Waals surface area contributed by atoms with E-state index in [1.54, 1.807) is 10.4 Å². The fourth-order valence-electron chi connectivity index (χ4n) is 2.35. The predicted molar refractivity (Wildman–Crippen MR) is 85.2 cm³/mol. The molecule has 1 saturated heterocycles. The lowest BCUT2D eigenvalue weighted by atomic mass is 10.2. The average molecular weight is 332 g/mol. The van der Waals surface area contributed by atoms with Gasteiger partial charge in [0.2, 0.25) is 0 Å². The van der Waals surface area contributed by atoms with Crippen molar-refractivity contribution in [1.29, 1.82) is 0 Å². The fourth-order valence-corrected chi connectivity index (χ4v) is 5.73. The van der Waals surface area contributed by atoms with Crippen LogP contribution in [0.25, 0.3) is 0 Å². The lowest BCUT2D eigenvalue weighted by Crippen LogP contribution is -2.49. The number of nitrogens with one attached hydrogen (secondary N) is 1. The summed E-state index contributed by atoms with van der Waals surface area (Å²) in [5.74, 6) is 0. The molecule has 0 amide bonds.